The molecule has 1 heterocycles. The van der Waals surface area contributed by atoms with E-state index in [9.17, 15) is 13.2 Å². The molecular formula is C10H15F3N2. The van der Waals surface area contributed by atoms with Gasteiger partial charge in [0.15, 0.2) is 5.69 Å². The second-order valence-electron chi connectivity index (χ2n) is 3.23. The highest BCUT2D eigenvalue weighted by Gasteiger charge is 2.38. The predicted molar refractivity (Wildman–Crippen MR) is 51.6 cm³/mol. The van der Waals surface area contributed by atoms with Gasteiger partial charge in [-0.2, -0.15) is 18.3 Å². The number of aromatic nitrogens is 2. The lowest BCUT2D eigenvalue weighted by Crippen LogP contribution is -2.11. The molecule has 15 heavy (non-hydrogen) atoms. The highest BCUT2D eigenvalue weighted by atomic mass is 19.4. The van der Waals surface area contributed by atoms with Gasteiger partial charge in [0.2, 0.25) is 0 Å². The Morgan fingerprint density at radius 1 is 1.13 bits per heavy atom. The van der Waals surface area contributed by atoms with Crippen molar-refractivity contribution in [2.45, 2.75) is 45.7 Å². The molecule has 86 valence electrons. The van der Waals surface area contributed by atoms with Crippen LogP contribution >= 0.6 is 0 Å². The fourth-order valence-corrected chi connectivity index (χ4v) is 1.72. The SMILES string of the molecule is CC.FC(F)(F)c1n[nH]c2c1CCCC2. The van der Waals surface area contributed by atoms with Crippen molar-refractivity contribution in [3.8, 4) is 0 Å². The quantitative estimate of drug-likeness (QED) is 0.713. The lowest BCUT2D eigenvalue weighted by atomic mass is 9.96. The summed E-state index contributed by atoms with van der Waals surface area (Å²) < 4.78 is 37.0. The van der Waals surface area contributed by atoms with Gasteiger partial charge in [0.25, 0.3) is 0 Å². The van der Waals surface area contributed by atoms with Crippen molar-refractivity contribution >= 4 is 0 Å². The van der Waals surface area contributed by atoms with Gasteiger partial charge < -0.3 is 0 Å². The van der Waals surface area contributed by atoms with Crippen LogP contribution in [0.3, 0.4) is 0 Å². The number of hydrogen-bond donors (Lipinski definition) is 1. The van der Waals surface area contributed by atoms with Crippen molar-refractivity contribution < 1.29 is 13.2 Å². The third-order valence-corrected chi connectivity index (χ3v) is 2.32. The van der Waals surface area contributed by atoms with E-state index >= 15 is 0 Å². The first-order valence-corrected chi connectivity index (χ1v) is 5.22. The number of nitrogens with zero attached hydrogens (tertiary/aromatic N) is 1. The summed E-state index contributed by atoms with van der Waals surface area (Å²) in [6.45, 7) is 4.00. The Morgan fingerprint density at radius 2 is 1.73 bits per heavy atom. The predicted octanol–water partition coefficient (Wildman–Crippen LogP) is 3.33. The van der Waals surface area contributed by atoms with Crippen LogP contribution in [-0.4, -0.2) is 10.2 Å². The summed E-state index contributed by atoms with van der Waals surface area (Å²) in [7, 11) is 0. The zero-order chi connectivity index (χ0) is 11.5. The Hall–Kier alpha value is -1.00. The number of nitrogens with one attached hydrogen (secondary N) is 1. The van der Waals surface area contributed by atoms with Gasteiger partial charge in [-0.25, -0.2) is 0 Å². The van der Waals surface area contributed by atoms with Gasteiger partial charge in [0.05, 0.1) is 0 Å². The maximum absolute atomic E-state index is 12.3. The Morgan fingerprint density at radius 3 is 2.33 bits per heavy atom. The number of aryl methyl sites for hydroxylation is 1. The van der Waals surface area contributed by atoms with Crippen LogP contribution in [0, 0.1) is 0 Å². The topological polar surface area (TPSA) is 28.7 Å². The molecular weight excluding hydrogens is 205 g/mol. The third kappa shape index (κ3) is 2.52. The van der Waals surface area contributed by atoms with Crippen molar-refractivity contribution in [1.29, 1.82) is 0 Å². The van der Waals surface area contributed by atoms with Crippen LogP contribution in [-0.2, 0) is 19.0 Å². The Balaban J connectivity index is 0.000000531. The summed E-state index contributed by atoms with van der Waals surface area (Å²) >= 11 is 0. The number of aromatic amines is 1. The molecule has 0 bridgehead atoms. The van der Waals surface area contributed by atoms with E-state index in [1.165, 1.54) is 0 Å². The minimum atomic E-state index is -4.30. The lowest BCUT2D eigenvalue weighted by Gasteiger charge is -2.12. The van der Waals surface area contributed by atoms with Gasteiger partial charge in [-0.05, 0) is 25.7 Å². The summed E-state index contributed by atoms with van der Waals surface area (Å²) in [5, 5.41) is 5.78. The maximum atomic E-state index is 12.3. The standard InChI is InChI=1S/C8H9F3N2.C2H6/c9-8(10,11)7-5-3-1-2-4-6(5)12-13-7;1-2/h1-4H2,(H,12,13);1-2H3. The molecule has 5 heteroatoms. The highest BCUT2D eigenvalue weighted by molar-refractivity contribution is 5.29. The van der Waals surface area contributed by atoms with Gasteiger partial charge in [-0.3, -0.25) is 5.10 Å². The highest BCUT2D eigenvalue weighted by Crippen LogP contribution is 2.34. The number of fused-ring (bicyclic) bond motifs is 1. The van der Waals surface area contributed by atoms with Crippen LogP contribution in [0.1, 0.15) is 43.6 Å². The minimum absolute atomic E-state index is 0.374. The zero-order valence-corrected chi connectivity index (χ0v) is 8.91. The van der Waals surface area contributed by atoms with Crippen LogP contribution in [0.15, 0.2) is 0 Å². The smallest absolute Gasteiger partial charge is 0.282 e. The summed E-state index contributed by atoms with van der Waals surface area (Å²) in [6, 6.07) is 0. The van der Waals surface area contributed by atoms with Gasteiger partial charge in [-0.15, -0.1) is 0 Å². The molecule has 0 aromatic carbocycles. The largest absolute Gasteiger partial charge is 0.435 e. The van der Waals surface area contributed by atoms with Gasteiger partial charge in [0, 0.05) is 11.3 Å². The van der Waals surface area contributed by atoms with Crippen LogP contribution in [0.5, 0.6) is 0 Å². The van der Waals surface area contributed by atoms with Crippen LogP contribution in [0.25, 0.3) is 0 Å². The molecule has 2 rings (SSSR count). The van der Waals surface area contributed by atoms with E-state index in [0.29, 0.717) is 24.1 Å². The molecule has 0 atom stereocenters. The second kappa shape index (κ2) is 4.68. The van der Waals surface area contributed by atoms with Crippen molar-refractivity contribution in [3.05, 3.63) is 17.0 Å². The molecule has 1 aliphatic carbocycles. The number of alkyl halides is 3. The maximum Gasteiger partial charge on any atom is 0.435 e. The first kappa shape index (κ1) is 12.1. The minimum Gasteiger partial charge on any atom is -0.282 e. The summed E-state index contributed by atoms with van der Waals surface area (Å²) in [6.07, 6.45) is -1.33. The van der Waals surface area contributed by atoms with E-state index in [0.717, 1.165) is 12.8 Å². The van der Waals surface area contributed by atoms with E-state index < -0.39 is 11.9 Å². The number of rotatable bonds is 0. The molecule has 2 nitrogen and oxygen atoms in total. The number of hydrogen-bond acceptors (Lipinski definition) is 1. The van der Waals surface area contributed by atoms with E-state index in [1.807, 2.05) is 13.8 Å². The van der Waals surface area contributed by atoms with Gasteiger partial charge in [-0.1, -0.05) is 13.8 Å². The van der Waals surface area contributed by atoms with Crippen LogP contribution in [0.4, 0.5) is 13.2 Å². The normalized spacial score (nSPS) is 15.3. The van der Waals surface area contributed by atoms with Gasteiger partial charge in [0.1, 0.15) is 0 Å². The lowest BCUT2D eigenvalue weighted by molar-refractivity contribution is -0.141. The molecule has 0 unspecified atom stereocenters. The fraction of sp³-hybridized carbons (Fsp3) is 0.700. The van der Waals surface area contributed by atoms with E-state index in [4.69, 9.17) is 0 Å². The molecule has 1 aliphatic rings. The van der Waals surface area contributed by atoms with Gasteiger partial charge >= 0.3 is 6.18 Å². The number of halogens is 3. The first-order chi connectivity index (χ1) is 7.09. The van der Waals surface area contributed by atoms with Crippen molar-refractivity contribution in [3.63, 3.8) is 0 Å². The monoisotopic (exact) mass is 220 g/mol. The fourth-order valence-electron chi connectivity index (χ4n) is 1.72. The second-order valence-corrected chi connectivity index (χ2v) is 3.23. The Kier molecular flexibility index (Phi) is 3.77. The van der Waals surface area contributed by atoms with Crippen molar-refractivity contribution in [1.82, 2.24) is 10.2 Å². The number of H-pyrrole nitrogens is 1. The molecule has 0 radical (unpaired) electrons. The third-order valence-electron chi connectivity index (χ3n) is 2.32. The summed E-state index contributed by atoms with van der Waals surface area (Å²) in [4.78, 5) is 0. The summed E-state index contributed by atoms with van der Waals surface area (Å²) in [5.74, 6) is 0. The molecule has 0 amide bonds. The van der Waals surface area contributed by atoms with E-state index in [2.05, 4.69) is 10.2 Å². The van der Waals surface area contributed by atoms with Crippen LogP contribution < -0.4 is 0 Å². The molecule has 1 N–H and O–H groups in total. The van der Waals surface area contributed by atoms with Crippen molar-refractivity contribution in [2.75, 3.05) is 0 Å². The molecule has 0 fully saturated rings. The zero-order valence-electron chi connectivity index (χ0n) is 8.91. The summed E-state index contributed by atoms with van der Waals surface area (Å²) in [5.41, 5.74) is 0.319. The Labute approximate surface area is 86.9 Å². The van der Waals surface area contributed by atoms with E-state index in [1.54, 1.807) is 0 Å². The Bertz CT molecular complexity index is 315. The average molecular weight is 220 g/mol. The first-order valence-electron chi connectivity index (χ1n) is 5.22. The van der Waals surface area contributed by atoms with Crippen molar-refractivity contribution in [2.24, 2.45) is 0 Å². The average Bonchev–Trinajstić information content (AvgIpc) is 2.63. The van der Waals surface area contributed by atoms with E-state index in [-0.39, 0.29) is 0 Å². The molecule has 1 aromatic rings. The molecule has 0 spiro atoms. The molecule has 0 saturated carbocycles. The van der Waals surface area contributed by atoms with Crippen LogP contribution in [0.2, 0.25) is 0 Å². The molecule has 0 aliphatic heterocycles. The molecule has 0 saturated heterocycles. The molecule has 1 aromatic heterocycles.